The molecule has 0 bridgehead atoms. The van der Waals surface area contributed by atoms with Crippen LogP contribution in [0.5, 0.6) is 0 Å². The Morgan fingerprint density at radius 1 is 1.07 bits per heavy atom. The molecule has 2 aromatic carbocycles. The predicted molar refractivity (Wildman–Crippen MR) is 114 cm³/mol. The highest BCUT2D eigenvalue weighted by Gasteiger charge is 2.29. The molecule has 3 N–H and O–H groups in total. The lowest BCUT2D eigenvalue weighted by Gasteiger charge is -2.14. The molecule has 150 valence electrons. The summed E-state index contributed by atoms with van der Waals surface area (Å²) in [5, 5.41) is 12.5. The van der Waals surface area contributed by atoms with E-state index in [0.717, 1.165) is 16.8 Å². The second-order valence-electron chi connectivity index (χ2n) is 7.51. The maximum absolute atomic E-state index is 12.5. The van der Waals surface area contributed by atoms with Gasteiger partial charge in [-0.05, 0) is 28.8 Å². The van der Waals surface area contributed by atoms with Crippen LogP contribution >= 0.6 is 0 Å². The van der Waals surface area contributed by atoms with Gasteiger partial charge in [-0.25, -0.2) is 0 Å². The van der Waals surface area contributed by atoms with Crippen molar-refractivity contribution >= 4 is 28.4 Å². The Kier molecular flexibility index (Phi) is 4.55. The van der Waals surface area contributed by atoms with Crippen molar-refractivity contribution < 1.29 is 9.59 Å². The quantitative estimate of drug-likeness (QED) is 0.478. The highest BCUT2D eigenvalue weighted by Crippen LogP contribution is 2.28. The molecule has 0 saturated heterocycles. The lowest BCUT2D eigenvalue weighted by atomic mass is 10.0. The highest BCUT2D eigenvalue weighted by molar-refractivity contribution is 5.95. The largest absolute Gasteiger partial charge is 0.367 e. The number of aromatic nitrogens is 3. The smallest absolute Gasteiger partial charge is 0.256 e. The molecule has 0 saturated carbocycles. The molecule has 5 rings (SSSR count). The van der Waals surface area contributed by atoms with Gasteiger partial charge in [0.05, 0.1) is 24.3 Å². The highest BCUT2D eigenvalue weighted by atomic mass is 16.2. The number of hydrogen-bond donors (Lipinski definition) is 3. The normalized spacial score (nSPS) is 12.9. The summed E-state index contributed by atoms with van der Waals surface area (Å²) in [5.41, 5.74) is 3.41. The summed E-state index contributed by atoms with van der Waals surface area (Å²) in [6, 6.07) is 16.2. The molecule has 0 spiro atoms. The Morgan fingerprint density at radius 3 is 2.77 bits per heavy atom. The Hall–Kier alpha value is -3.87. The van der Waals surface area contributed by atoms with E-state index in [9.17, 15) is 9.59 Å². The minimum Gasteiger partial charge on any atom is -0.367 e. The fourth-order valence-corrected chi connectivity index (χ4v) is 3.87. The molecule has 0 fully saturated rings. The van der Waals surface area contributed by atoms with Gasteiger partial charge in [-0.15, -0.1) is 0 Å². The van der Waals surface area contributed by atoms with E-state index >= 15 is 0 Å². The van der Waals surface area contributed by atoms with E-state index < -0.39 is 0 Å². The monoisotopic (exact) mass is 399 g/mol. The Labute approximate surface area is 173 Å². The topological polar surface area (TPSA) is 93.9 Å². The minimum atomic E-state index is -0.0787. The van der Waals surface area contributed by atoms with E-state index in [4.69, 9.17) is 0 Å². The van der Waals surface area contributed by atoms with Crippen LogP contribution in [0.25, 0.3) is 10.8 Å². The van der Waals surface area contributed by atoms with Crippen molar-refractivity contribution in [2.45, 2.75) is 25.9 Å². The van der Waals surface area contributed by atoms with Gasteiger partial charge >= 0.3 is 0 Å². The molecular weight excluding hydrogens is 378 g/mol. The molecular formula is C23H21N5O2. The molecule has 0 unspecified atom stereocenters. The summed E-state index contributed by atoms with van der Waals surface area (Å²) in [6.45, 7) is 0.860. The van der Waals surface area contributed by atoms with E-state index in [1.165, 1.54) is 10.8 Å². The van der Waals surface area contributed by atoms with Gasteiger partial charge in [0.15, 0.2) is 0 Å². The van der Waals surface area contributed by atoms with Gasteiger partial charge in [-0.2, -0.15) is 5.10 Å². The first-order chi connectivity index (χ1) is 14.7. The fourth-order valence-electron chi connectivity index (χ4n) is 3.87. The third-order valence-electron chi connectivity index (χ3n) is 5.49. The molecule has 1 aliphatic rings. The third kappa shape index (κ3) is 3.45. The maximum Gasteiger partial charge on any atom is 0.256 e. The lowest BCUT2D eigenvalue weighted by Crippen LogP contribution is -2.25. The Morgan fingerprint density at radius 2 is 1.93 bits per heavy atom. The first kappa shape index (κ1) is 18.2. The van der Waals surface area contributed by atoms with Crippen LogP contribution in [0.1, 0.15) is 33.6 Å². The number of fused-ring (bicyclic) bond motifs is 2. The van der Waals surface area contributed by atoms with E-state index in [1.54, 1.807) is 23.4 Å². The van der Waals surface area contributed by atoms with Gasteiger partial charge in [0, 0.05) is 24.4 Å². The first-order valence-electron chi connectivity index (χ1n) is 9.93. The number of rotatable bonds is 5. The maximum atomic E-state index is 12.5. The summed E-state index contributed by atoms with van der Waals surface area (Å²) >= 11 is 0. The van der Waals surface area contributed by atoms with Crippen molar-refractivity contribution in [3.8, 4) is 0 Å². The van der Waals surface area contributed by atoms with Crippen molar-refractivity contribution in [3.63, 3.8) is 0 Å². The number of aryl methyl sites for hydroxylation is 1. The SMILES string of the molecule is O=C(CCc1ccc2ccccc2c1)Nc1[nH]nc2c1CN(C(=O)c1cc[nH]c1)C2. The summed E-state index contributed by atoms with van der Waals surface area (Å²) in [4.78, 5) is 29.7. The average molecular weight is 399 g/mol. The second-order valence-corrected chi connectivity index (χ2v) is 7.51. The molecule has 0 atom stereocenters. The number of hydrogen-bond acceptors (Lipinski definition) is 3. The molecule has 7 heteroatoms. The van der Waals surface area contributed by atoms with Gasteiger partial charge in [0.25, 0.3) is 5.91 Å². The molecule has 3 heterocycles. The van der Waals surface area contributed by atoms with Crippen LogP contribution in [0.2, 0.25) is 0 Å². The van der Waals surface area contributed by atoms with Gasteiger partial charge in [-0.3, -0.25) is 14.7 Å². The summed E-state index contributed by atoms with van der Waals surface area (Å²) < 4.78 is 0. The molecule has 30 heavy (non-hydrogen) atoms. The molecule has 2 amide bonds. The van der Waals surface area contributed by atoms with Gasteiger partial charge in [0.2, 0.25) is 5.91 Å². The Balaban J connectivity index is 1.21. The van der Waals surface area contributed by atoms with E-state index in [2.05, 4.69) is 50.8 Å². The number of carbonyl (C=O) groups excluding carboxylic acids is 2. The van der Waals surface area contributed by atoms with Crippen LogP contribution in [-0.2, 0) is 24.3 Å². The molecule has 7 nitrogen and oxygen atoms in total. The van der Waals surface area contributed by atoms with Crippen molar-refractivity contribution in [1.29, 1.82) is 0 Å². The van der Waals surface area contributed by atoms with Gasteiger partial charge < -0.3 is 15.2 Å². The number of nitrogens with one attached hydrogen (secondary N) is 3. The zero-order valence-electron chi connectivity index (χ0n) is 16.3. The number of benzene rings is 2. The minimum absolute atomic E-state index is 0.0529. The van der Waals surface area contributed by atoms with Crippen molar-refractivity contribution in [3.05, 3.63) is 83.3 Å². The Bertz CT molecular complexity index is 1230. The number of H-pyrrole nitrogens is 2. The number of anilines is 1. The van der Waals surface area contributed by atoms with Crippen molar-refractivity contribution in [2.75, 3.05) is 5.32 Å². The fraction of sp³-hybridized carbons (Fsp3) is 0.174. The van der Waals surface area contributed by atoms with Crippen LogP contribution in [0.15, 0.2) is 60.9 Å². The lowest BCUT2D eigenvalue weighted by molar-refractivity contribution is -0.116. The standard InChI is InChI=1S/C23H21N5O2/c29-21(8-6-15-5-7-16-3-1-2-4-17(16)11-15)25-22-19-13-28(14-20(19)26-27-22)23(30)18-9-10-24-12-18/h1-5,7,9-12,24H,6,8,13-14H2,(H2,25,26,27,29). The summed E-state index contributed by atoms with van der Waals surface area (Å²) in [7, 11) is 0. The number of amides is 2. The van der Waals surface area contributed by atoms with Crippen LogP contribution in [-0.4, -0.2) is 31.9 Å². The number of aromatic amines is 2. The van der Waals surface area contributed by atoms with Crippen LogP contribution in [0.3, 0.4) is 0 Å². The van der Waals surface area contributed by atoms with E-state index in [-0.39, 0.29) is 11.8 Å². The molecule has 4 aromatic rings. The summed E-state index contributed by atoms with van der Waals surface area (Å²) in [6.07, 6.45) is 4.44. The van der Waals surface area contributed by atoms with Gasteiger partial charge in [-0.1, -0.05) is 42.5 Å². The first-order valence-corrected chi connectivity index (χ1v) is 9.93. The van der Waals surface area contributed by atoms with Crippen molar-refractivity contribution in [2.24, 2.45) is 0 Å². The third-order valence-corrected chi connectivity index (χ3v) is 5.49. The molecule has 1 aliphatic heterocycles. The van der Waals surface area contributed by atoms with Crippen molar-refractivity contribution in [1.82, 2.24) is 20.1 Å². The number of nitrogens with zero attached hydrogens (tertiary/aromatic N) is 2. The van der Waals surface area contributed by atoms with E-state index in [0.29, 0.717) is 37.3 Å². The zero-order valence-corrected chi connectivity index (χ0v) is 16.3. The predicted octanol–water partition coefficient (Wildman–Crippen LogP) is 3.62. The van der Waals surface area contributed by atoms with E-state index in [1.807, 2.05) is 12.1 Å². The average Bonchev–Trinajstić information content (AvgIpc) is 3.50. The zero-order chi connectivity index (χ0) is 20.5. The van der Waals surface area contributed by atoms with Gasteiger partial charge in [0.1, 0.15) is 5.82 Å². The van der Waals surface area contributed by atoms with Crippen LogP contribution in [0, 0.1) is 0 Å². The summed E-state index contributed by atoms with van der Waals surface area (Å²) in [5.74, 6) is 0.450. The van der Waals surface area contributed by atoms with Crippen LogP contribution < -0.4 is 5.32 Å². The number of carbonyl (C=O) groups is 2. The molecule has 0 radical (unpaired) electrons. The second kappa shape index (κ2) is 7.51. The molecule has 0 aliphatic carbocycles. The molecule has 2 aromatic heterocycles. The van der Waals surface area contributed by atoms with Crippen LogP contribution in [0.4, 0.5) is 5.82 Å².